The molecule has 16 heteroatoms. The molecule has 0 bridgehead atoms. The number of thioether (sulfide) groups is 1. The molecule has 44 heavy (non-hydrogen) atoms. The van der Waals surface area contributed by atoms with Crippen LogP contribution in [0, 0.1) is 0 Å². The number of carbonyl (C=O) groups excluding carboxylic acids is 4. The first-order chi connectivity index (χ1) is 20.6. The molecule has 1 radical (unpaired) electrons. The van der Waals surface area contributed by atoms with Gasteiger partial charge in [0.25, 0.3) is 0 Å². The van der Waals surface area contributed by atoms with Crippen molar-refractivity contribution in [1.29, 1.82) is 0 Å². The van der Waals surface area contributed by atoms with Crippen LogP contribution in [-0.4, -0.2) is 73.1 Å². The van der Waals surface area contributed by atoms with Crippen molar-refractivity contribution in [3.8, 4) is 0 Å². The molecule has 5 heterocycles. The molecule has 2 fully saturated rings. The van der Waals surface area contributed by atoms with Gasteiger partial charge >= 0.3 is 29.4 Å². The van der Waals surface area contributed by atoms with E-state index >= 15 is 0 Å². The zero-order valence-corrected chi connectivity index (χ0v) is 25.2. The number of hydrogen-bond donors (Lipinski definition) is 3. The quantitative estimate of drug-likeness (QED) is 0.197. The number of nitrogens with one attached hydrogen (secondary N) is 2. The van der Waals surface area contributed by atoms with Crippen molar-refractivity contribution in [2.24, 2.45) is 0 Å². The van der Waals surface area contributed by atoms with E-state index in [0.29, 0.717) is 5.25 Å². The summed E-state index contributed by atoms with van der Waals surface area (Å²) in [6, 6.07) is 14.3. The molecule has 231 valence electrons. The van der Waals surface area contributed by atoms with Crippen LogP contribution in [-0.2, 0) is 22.2 Å². The van der Waals surface area contributed by atoms with Gasteiger partial charge in [0.2, 0.25) is 0 Å². The van der Waals surface area contributed by atoms with E-state index in [4.69, 9.17) is 5.11 Å². The van der Waals surface area contributed by atoms with Crippen molar-refractivity contribution in [3.05, 3.63) is 90.3 Å². The Morgan fingerprint density at radius 3 is 1.57 bits per heavy atom. The SMILES string of the molecule is O=C(O)CCCC[C@@H]1SC[C@@H]2NC(=O)N[C@@H]21.O=C([O-])c1ccccn1.O=C([O-])c1ccccn1.O=C([O-])c1ccccn1.[Cr+3]. The molecule has 3 aromatic heterocycles. The summed E-state index contributed by atoms with van der Waals surface area (Å²) in [5, 5.41) is 44.9. The first kappa shape index (κ1) is 37.5. The minimum absolute atomic E-state index is 0. The van der Waals surface area contributed by atoms with Crippen LogP contribution in [0.3, 0.4) is 0 Å². The molecule has 0 aliphatic carbocycles. The number of rotatable bonds is 8. The van der Waals surface area contributed by atoms with Crippen LogP contribution in [0.15, 0.2) is 73.2 Å². The third kappa shape index (κ3) is 14.1. The molecule has 2 amide bonds. The van der Waals surface area contributed by atoms with Crippen molar-refractivity contribution in [1.82, 2.24) is 25.6 Å². The summed E-state index contributed by atoms with van der Waals surface area (Å²) < 4.78 is 0. The summed E-state index contributed by atoms with van der Waals surface area (Å²) in [6.45, 7) is 0. The van der Waals surface area contributed by atoms with Gasteiger partial charge in [-0.1, -0.05) is 24.6 Å². The molecule has 0 saturated carbocycles. The summed E-state index contributed by atoms with van der Waals surface area (Å²) in [5.41, 5.74) is -0.0903. The number of unbranched alkanes of at least 4 members (excludes halogenated alkanes) is 1. The molecular weight excluding hydrogens is 634 g/mol. The van der Waals surface area contributed by atoms with E-state index in [-0.39, 0.29) is 59.0 Å². The Bertz CT molecular complexity index is 1220. The summed E-state index contributed by atoms with van der Waals surface area (Å²) in [4.78, 5) is 62.1. The first-order valence-corrected chi connectivity index (χ1v) is 13.9. The van der Waals surface area contributed by atoms with Gasteiger partial charge in [-0.3, -0.25) is 19.7 Å². The molecule has 14 nitrogen and oxygen atoms in total. The second kappa shape index (κ2) is 20.4. The van der Waals surface area contributed by atoms with E-state index in [2.05, 4.69) is 25.6 Å². The number of carboxylic acids is 4. The van der Waals surface area contributed by atoms with Crippen LogP contribution in [0.5, 0.6) is 0 Å². The Hall–Kier alpha value is -4.52. The molecule has 2 aliphatic rings. The third-order valence-corrected chi connectivity index (χ3v) is 7.20. The largest absolute Gasteiger partial charge is 3.00 e. The second-order valence-corrected chi connectivity index (χ2v) is 10.0. The van der Waals surface area contributed by atoms with Crippen LogP contribution in [0.1, 0.15) is 57.1 Å². The third-order valence-electron chi connectivity index (χ3n) is 5.69. The van der Waals surface area contributed by atoms with Crippen molar-refractivity contribution in [3.63, 3.8) is 0 Å². The average molecular weight is 663 g/mol. The van der Waals surface area contributed by atoms with E-state index in [1.807, 2.05) is 11.8 Å². The minimum atomic E-state index is -1.24. The summed E-state index contributed by atoms with van der Waals surface area (Å²) in [5.74, 6) is -3.48. The predicted octanol–water partition coefficient (Wildman–Crippen LogP) is -0.870. The van der Waals surface area contributed by atoms with Crippen LogP contribution in [0.2, 0.25) is 0 Å². The Morgan fingerprint density at radius 2 is 1.23 bits per heavy atom. The van der Waals surface area contributed by atoms with Gasteiger partial charge in [0, 0.05) is 36.0 Å². The zero-order valence-electron chi connectivity index (χ0n) is 23.1. The number of fused-ring (bicyclic) bond motifs is 1. The van der Waals surface area contributed by atoms with E-state index in [0.717, 1.165) is 25.0 Å². The fraction of sp³-hybridized carbons (Fsp3) is 0.286. The van der Waals surface area contributed by atoms with E-state index in [9.17, 15) is 39.3 Å². The predicted molar refractivity (Wildman–Crippen MR) is 147 cm³/mol. The summed E-state index contributed by atoms with van der Waals surface area (Å²) in [7, 11) is 0. The molecule has 5 rings (SSSR count). The van der Waals surface area contributed by atoms with E-state index < -0.39 is 23.9 Å². The Balaban J connectivity index is 0.000000303. The number of aliphatic carboxylic acids is 1. The first-order valence-electron chi connectivity index (χ1n) is 12.9. The van der Waals surface area contributed by atoms with Gasteiger partial charge in [0.15, 0.2) is 0 Å². The van der Waals surface area contributed by atoms with Crippen molar-refractivity contribution in [2.75, 3.05) is 5.75 Å². The normalized spacial score (nSPS) is 17.1. The van der Waals surface area contributed by atoms with Gasteiger partial charge in [-0.2, -0.15) is 11.8 Å². The zero-order chi connectivity index (χ0) is 31.6. The van der Waals surface area contributed by atoms with Gasteiger partial charge in [0.1, 0.15) is 0 Å². The molecule has 2 aliphatic heterocycles. The van der Waals surface area contributed by atoms with E-state index in [1.54, 1.807) is 36.4 Å². The molecule has 0 unspecified atom stereocenters. The van der Waals surface area contributed by atoms with Crippen molar-refractivity contribution in [2.45, 2.75) is 43.0 Å². The van der Waals surface area contributed by atoms with Gasteiger partial charge in [-0.05, 0) is 49.2 Å². The maximum absolute atomic E-state index is 11.1. The average Bonchev–Trinajstić information content (AvgIpc) is 3.56. The van der Waals surface area contributed by atoms with Gasteiger partial charge in [-0.25, -0.2) is 4.79 Å². The van der Waals surface area contributed by atoms with Crippen LogP contribution < -0.4 is 26.0 Å². The number of aromatic nitrogens is 3. The van der Waals surface area contributed by atoms with Gasteiger partial charge in [-0.15, -0.1) is 0 Å². The Morgan fingerprint density at radius 1 is 0.773 bits per heavy atom. The molecule has 3 atom stereocenters. The van der Waals surface area contributed by atoms with Crippen molar-refractivity contribution >= 4 is 41.7 Å². The smallest absolute Gasteiger partial charge is 0.543 e. The summed E-state index contributed by atoms with van der Waals surface area (Å²) >= 11 is 1.87. The second-order valence-electron chi connectivity index (χ2n) is 8.77. The van der Waals surface area contributed by atoms with Crippen molar-refractivity contribution < 1.29 is 61.8 Å². The number of carbonyl (C=O) groups is 5. The number of pyridine rings is 3. The summed E-state index contributed by atoms with van der Waals surface area (Å²) in [6.07, 6.45) is 7.10. The molecule has 2 saturated heterocycles. The standard InChI is InChI=1S/C10H16N2O3S.3C6H5NO2.Cr/c13-8(14)4-2-1-3-7-9-6(5-16-7)11-10(15)12-9;3*8-6(9)5-3-1-2-4-7-5;/h6-7,9H,1-5H2,(H,13,14)(H2,11,12,15);3*1-4H,(H,8,9);/q;;;;+3/p-3/t6-,7-,9-;;;;/m0..../s1. The molecule has 0 aromatic carbocycles. The maximum Gasteiger partial charge on any atom is 3.00 e. The number of hydrogen-bond acceptors (Lipinski definition) is 12. The fourth-order valence-electron chi connectivity index (χ4n) is 3.72. The minimum Gasteiger partial charge on any atom is -0.543 e. The number of nitrogens with zero attached hydrogens (tertiary/aromatic N) is 3. The monoisotopic (exact) mass is 662 g/mol. The molecule has 3 aromatic rings. The molecule has 3 N–H and O–H groups in total. The molecule has 0 spiro atoms. The number of aromatic carboxylic acids is 3. The van der Waals surface area contributed by atoms with E-state index in [1.165, 1.54) is 36.8 Å². The maximum atomic E-state index is 11.1. The Labute approximate surface area is 267 Å². The topological polar surface area (TPSA) is 237 Å². The number of amides is 2. The fourth-order valence-corrected chi connectivity index (χ4v) is 5.26. The van der Waals surface area contributed by atoms with Crippen LogP contribution >= 0.6 is 11.8 Å². The number of urea groups is 1. The van der Waals surface area contributed by atoms with Gasteiger partial charge < -0.3 is 45.4 Å². The van der Waals surface area contributed by atoms with Crippen LogP contribution in [0.4, 0.5) is 4.79 Å². The van der Waals surface area contributed by atoms with Crippen LogP contribution in [0.25, 0.3) is 0 Å². The molecular formula is C28H28CrN5O9S. The number of carboxylic acid groups (broad SMARTS) is 4. The Kier molecular flexibility index (Phi) is 17.4. The van der Waals surface area contributed by atoms with Gasteiger partial charge in [0.05, 0.1) is 47.1 Å².